The molecule has 0 aliphatic heterocycles. The number of hydrogen-bond donors (Lipinski definition) is 1. The summed E-state index contributed by atoms with van der Waals surface area (Å²) in [6, 6.07) is 13.9. The molecule has 0 bridgehead atoms. The number of phenolic OH excluding ortho intramolecular Hbond substituents is 1. The quantitative estimate of drug-likeness (QED) is 0.686. The lowest BCUT2D eigenvalue weighted by Gasteiger charge is -1.97. The Morgan fingerprint density at radius 2 is 1.61 bits per heavy atom. The number of allylic oxidation sites excluding steroid dienone is 1. The smallest absolute Gasteiger partial charge is 0.185 e. The van der Waals surface area contributed by atoms with Crippen LogP contribution in [0.4, 0.5) is 0 Å². The van der Waals surface area contributed by atoms with E-state index in [-0.39, 0.29) is 11.5 Å². The van der Waals surface area contributed by atoms with Crippen molar-refractivity contribution >= 4 is 27.8 Å². The molecule has 2 aromatic rings. The minimum atomic E-state index is -0.0853. The van der Waals surface area contributed by atoms with Gasteiger partial charge in [0.15, 0.2) is 5.78 Å². The molecule has 90 valence electrons. The van der Waals surface area contributed by atoms with Gasteiger partial charge in [-0.3, -0.25) is 4.79 Å². The zero-order valence-electron chi connectivity index (χ0n) is 9.51. The van der Waals surface area contributed by atoms with Gasteiger partial charge in [0.05, 0.1) is 0 Å². The molecule has 0 aromatic heterocycles. The SMILES string of the molecule is O=C(C=Cc1ccc(Br)cc1)c1ccc(O)cc1. The molecule has 0 atom stereocenters. The monoisotopic (exact) mass is 302 g/mol. The van der Waals surface area contributed by atoms with Crippen LogP contribution in [0.3, 0.4) is 0 Å². The zero-order chi connectivity index (χ0) is 13.0. The van der Waals surface area contributed by atoms with E-state index in [2.05, 4.69) is 15.9 Å². The van der Waals surface area contributed by atoms with E-state index in [4.69, 9.17) is 5.11 Å². The Labute approximate surface area is 114 Å². The van der Waals surface area contributed by atoms with Crippen LogP contribution in [-0.2, 0) is 0 Å². The summed E-state index contributed by atoms with van der Waals surface area (Å²) in [4.78, 5) is 11.8. The van der Waals surface area contributed by atoms with Gasteiger partial charge in [0, 0.05) is 10.0 Å². The molecule has 0 spiro atoms. The molecule has 0 aliphatic carbocycles. The lowest BCUT2D eigenvalue weighted by molar-refractivity contribution is 0.104. The summed E-state index contributed by atoms with van der Waals surface area (Å²) in [7, 11) is 0. The first kappa shape index (κ1) is 12.6. The summed E-state index contributed by atoms with van der Waals surface area (Å²) in [5, 5.41) is 9.14. The number of carbonyl (C=O) groups excluding carboxylic acids is 1. The zero-order valence-corrected chi connectivity index (χ0v) is 11.1. The van der Waals surface area contributed by atoms with Crippen molar-refractivity contribution < 1.29 is 9.90 Å². The number of benzene rings is 2. The number of halogens is 1. The molecule has 0 aliphatic rings. The first-order valence-corrected chi connectivity index (χ1v) is 6.21. The second-order valence-corrected chi connectivity index (χ2v) is 4.71. The molecule has 0 unspecified atom stereocenters. The Morgan fingerprint density at radius 1 is 1.00 bits per heavy atom. The van der Waals surface area contributed by atoms with E-state index in [1.165, 1.54) is 18.2 Å². The third-order valence-corrected chi connectivity index (χ3v) is 2.98. The van der Waals surface area contributed by atoms with Crippen molar-refractivity contribution in [2.24, 2.45) is 0 Å². The fourth-order valence-electron chi connectivity index (χ4n) is 1.47. The van der Waals surface area contributed by atoms with Gasteiger partial charge in [-0.1, -0.05) is 34.1 Å². The van der Waals surface area contributed by atoms with E-state index in [9.17, 15) is 4.79 Å². The molecule has 2 nitrogen and oxygen atoms in total. The van der Waals surface area contributed by atoms with Gasteiger partial charge in [0.25, 0.3) is 0 Å². The molecule has 3 heteroatoms. The Balaban J connectivity index is 2.11. The highest BCUT2D eigenvalue weighted by Gasteiger charge is 2.00. The van der Waals surface area contributed by atoms with Crippen LogP contribution in [0, 0.1) is 0 Å². The number of carbonyl (C=O) groups is 1. The first-order chi connectivity index (χ1) is 8.65. The van der Waals surface area contributed by atoms with E-state index >= 15 is 0 Å². The molecule has 2 aromatic carbocycles. The van der Waals surface area contributed by atoms with Gasteiger partial charge in [-0.15, -0.1) is 0 Å². The van der Waals surface area contributed by atoms with Gasteiger partial charge in [-0.2, -0.15) is 0 Å². The summed E-state index contributed by atoms with van der Waals surface area (Å²) in [6.07, 6.45) is 3.29. The van der Waals surface area contributed by atoms with Gasteiger partial charge in [0.1, 0.15) is 5.75 Å². The topological polar surface area (TPSA) is 37.3 Å². The largest absolute Gasteiger partial charge is 0.508 e. The third-order valence-electron chi connectivity index (χ3n) is 2.45. The minimum absolute atomic E-state index is 0.0853. The molecule has 0 fully saturated rings. The van der Waals surface area contributed by atoms with Crippen LogP contribution in [0.15, 0.2) is 59.1 Å². The van der Waals surface area contributed by atoms with Crippen LogP contribution in [0.1, 0.15) is 15.9 Å². The van der Waals surface area contributed by atoms with Crippen molar-refractivity contribution in [3.8, 4) is 5.75 Å². The molecule has 0 heterocycles. The van der Waals surface area contributed by atoms with Crippen molar-refractivity contribution in [1.29, 1.82) is 0 Å². The highest BCUT2D eigenvalue weighted by Crippen LogP contribution is 2.13. The molecule has 1 N–H and O–H groups in total. The van der Waals surface area contributed by atoms with E-state index in [1.54, 1.807) is 18.2 Å². The van der Waals surface area contributed by atoms with Crippen molar-refractivity contribution in [3.63, 3.8) is 0 Å². The molecule has 18 heavy (non-hydrogen) atoms. The summed E-state index contributed by atoms with van der Waals surface area (Å²) in [5.74, 6) is 0.0707. The van der Waals surface area contributed by atoms with E-state index in [1.807, 2.05) is 24.3 Å². The summed E-state index contributed by atoms with van der Waals surface area (Å²) >= 11 is 3.35. The molecule has 2 rings (SSSR count). The van der Waals surface area contributed by atoms with Crippen LogP contribution in [0.25, 0.3) is 6.08 Å². The number of hydrogen-bond acceptors (Lipinski definition) is 2. The Morgan fingerprint density at radius 3 is 2.22 bits per heavy atom. The van der Waals surface area contributed by atoms with E-state index in [0.29, 0.717) is 5.56 Å². The van der Waals surface area contributed by atoms with Crippen molar-refractivity contribution in [2.75, 3.05) is 0 Å². The Bertz CT molecular complexity index is 568. The predicted octanol–water partition coefficient (Wildman–Crippen LogP) is 4.05. The third kappa shape index (κ3) is 3.31. The van der Waals surface area contributed by atoms with Crippen molar-refractivity contribution in [1.82, 2.24) is 0 Å². The first-order valence-electron chi connectivity index (χ1n) is 5.42. The predicted molar refractivity (Wildman–Crippen MR) is 75.6 cm³/mol. The maximum absolute atomic E-state index is 11.8. The Kier molecular flexibility index (Phi) is 3.95. The van der Waals surface area contributed by atoms with Gasteiger partial charge >= 0.3 is 0 Å². The minimum Gasteiger partial charge on any atom is -0.508 e. The van der Waals surface area contributed by atoms with Crippen LogP contribution >= 0.6 is 15.9 Å². The van der Waals surface area contributed by atoms with Crippen LogP contribution in [-0.4, -0.2) is 10.9 Å². The van der Waals surface area contributed by atoms with E-state index < -0.39 is 0 Å². The highest BCUT2D eigenvalue weighted by atomic mass is 79.9. The summed E-state index contributed by atoms with van der Waals surface area (Å²) < 4.78 is 1.00. The number of phenols is 1. The van der Waals surface area contributed by atoms with Gasteiger partial charge in [0.2, 0.25) is 0 Å². The molecular weight excluding hydrogens is 292 g/mol. The molecule has 0 amide bonds. The normalized spacial score (nSPS) is 10.7. The average molecular weight is 303 g/mol. The van der Waals surface area contributed by atoms with Gasteiger partial charge in [-0.25, -0.2) is 0 Å². The second kappa shape index (κ2) is 5.65. The maximum Gasteiger partial charge on any atom is 0.185 e. The standard InChI is InChI=1S/C15H11BrO2/c16-13-6-1-11(2-7-13)3-10-15(18)12-4-8-14(17)9-5-12/h1-10,17H. The molecule has 0 saturated carbocycles. The van der Waals surface area contributed by atoms with Gasteiger partial charge in [-0.05, 0) is 48.0 Å². The fraction of sp³-hybridized carbons (Fsp3) is 0. The van der Waals surface area contributed by atoms with Crippen LogP contribution in [0.2, 0.25) is 0 Å². The van der Waals surface area contributed by atoms with Crippen molar-refractivity contribution in [3.05, 3.63) is 70.2 Å². The van der Waals surface area contributed by atoms with Crippen LogP contribution in [0.5, 0.6) is 5.75 Å². The maximum atomic E-state index is 11.8. The lowest BCUT2D eigenvalue weighted by Crippen LogP contribution is -1.92. The van der Waals surface area contributed by atoms with E-state index in [0.717, 1.165) is 10.0 Å². The highest BCUT2D eigenvalue weighted by molar-refractivity contribution is 9.10. The summed E-state index contributed by atoms with van der Waals surface area (Å²) in [6.45, 7) is 0. The fourth-order valence-corrected chi connectivity index (χ4v) is 1.73. The molecule has 0 saturated heterocycles. The molecule has 0 radical (unpaired) electrons. The summed E-state index contributed by atoms with van der Waals surface area (Å²) in [5.41, 5.74) is 1.52. The molecular formula is C15H11BrO2. The van der Waals surface area contributed by atoms with Crippen LogP contribution < -0.4 is 0 Å². The average Bonchev–Trinajstić information content (AvgIpc) is 2.38. The number of ketones is 1. The number of aromatic hydroxyl groups is 1. The lowest BCUT2D eigenvalue weighted by atomic mass is 10.1. The van der Waals surface area contributed by atoms with Crippen molar-refractivity contribution in [2.45, 2.75) is 0 Å². The Hall–Kier alpha value is -1.87. The number of rotatable bonds is 3. The van der Waals surface area contributed by atoms with Gasteiger partial charge < -0.3 is 5.11 Å². The second-order valence-electron chi connectivity index (χ2n) is 3.80.